The van der Waals surface area contributed by atoms with Gasteiger partial charge in [-0.2, -0.15) is 0 Å². The first-order chi connectivity index (χ1) is 10.9. The summed E-state index contributed by atoms with van der Waals surface area (Å²) in [5, 5.41) is 5.54. The lowest BCUT2D eigenvalue weighted by Crippen LogP contribution is -1.92. The highest BCUT2D eigenvalue weighted by Gasteiger charge is 2.14. The third kappa shape index (κ3) is 1.43. The van der Waals surface area contributed by atoms with Gasteiger partial charge in [-0.05, 0) is 25.1 Å². The van der Waals surface area contributed by atoms with Gasteiger partial charge in [-0.1, -0.05) is 42.5 Å². The maximum absolute atomic E-state index is 2.43. The molecule has 0 spiro atoms. The standard InChI is InChI=1S/C20H15NS/c1-2-21-16-9-5-3-8-15(16)19-17(21)12-11-14-13-7-4-6-10-18(13)22-20(14)19/h3-12H,2H2,1H3. The molecule has 0 fully saturated rings. The van der Waals surface area contributed by atoms with Crippen LogP contribution in [0.4, 0.5) is 0 Å². The van der Waals surface area contributed by atoms with Gasteiger partial charge in [0.25, 0.3) is 0 Å². The number of hydrogen-bond donors (Lipinski definition) is 0. The average molecular weight is 301 g/mol. The van der Waals surface area contributed by atoms with Gasteiger partial charge in [0.2, 0.25) is 0 Å². The number of aromatic nitrogens is 1. The van der Waals surface area contributed by atoms with Crippen LogP contribution in [0.5, 0.6) is 0 Å². The van der Waals surface area contributed by atoms with Crippen molar-refractivity contribution < 1.29 is 0 Å². The normalized spacial score (nSPS) is 12.0. The van der Waals surface area contributed by atoms with Gasteiger partial charge in [-0.25, -0.2) is 0 Å². The number of benzene rings is 3. The van der Waals surface area contributed by atoms with Gasteiger partial charge < -0.3 is 4.57 Å². The number of hydrogen-bond acceptors (Lipinski definition) is 1. The Kier molecular flexibility index (Phi) is 2.42. The van der Waals surface area contributed by atoms with Crippen LogP contribution in [-0.2, 0) is 6.54 Å². The minimum absolute atomic E-state index is 1.00. The highest BCUT2D eigenvalue weighted by Crippen LogP contribution is 2.41. The van der Waals surface area contributed by atoms with Crippen LogP contribution >= 0.6 is 11.3 Å². The number of rotatable bonds is 1. The second-order valence-corrected chi connectivity index (χ2v) is 6.75. The van der Waals surface area contributed by atoms with E-state index in [2.05, 4.69) is 72.2 Å². The summed E-state index contributed by atoms with van der Waals surface area (Å²) >= 11 is 1.92. The first-order valence-electron chi connectivity index (χ1n) is 7.69. The number of aryl methyl sites for hydroxylation is 1. The van der Waals surface area contributed by atoms with E-state index in [-0.39, 0.29) is 0 Å². The SMILES string of the molecule is CCn1c2ccccc2c2c3sc4ccccc4c3ccc21. The molecule has 0 aliphatic carbocycles. The van der Waals surface area contributed by atoms with Gasteiger partial charge in [-0.3, -0.25) is 0 Å². The fourth-order valence-corrected chi connectivity index (χ4v) is 4.91. The Hall–Kier alpha value is -2.32. The van der Waals surface area contributed by atoms with Crippen molar-refractivity contribution >= 4 is 53.3 Å². The molecule has 22 heavy (non-hydrogen) atoms. The Morgan fingerprint density at radius 2 is 1.55 bits per heavy atom. The second-order valence-electron chi connectivity index (χ2n) is 5.70. The van der Waals surface area contributed by atoms with Gasteiger partial charge in [0, 0.05) is 43.0 Å². The minimum Gasteiger partial charge on any atom is -0.341 e. The van der Waals surface area contributed by atoms with Crippen LogP contribution in [0.25, 0.3) is 42.0 Å². The fourth-order valence-electron chi connectivity index (χ4n) is 3.65. The lowest BCUT2D eigenvalue weighted by Gasteiger charge is -2.02. The van der Waals surface area contributed by atoms with Crippen molar-refractivity contribution in [2.75, 3.05) is 0 Å². The van der Waals surface area contributed by atoms with Crippen molar-refractivity contribution in [1.29, 1.82) is 0 Å². The van der Waals surface area contributed by atoms with Crippen molar-refractivity contribution in [3.05, 3.63) is 60.7 Å². The zero-order valence-corrected chi connectivity index (χ0v) is 13.2. The van der Waals surface area contributed by atoms with E-state index in [1.165, 1.54) is 42.0 Å². The Balaban J connectivity index is 2.13. The molecule has 5 rings (SSSR count). The number of para-hydroxylation sites is 1. The van der Waals surface area contributed by atoms with E-state index < -0.39 is 0 Å². The Morgan fingerprint density at radius 3 is 2.41 bits per heavy atom. The molecule has 106 valence electrons. The van der Waals surface area contributed by atoms with Crippen molar-refractivity contribution in [1.82, 2.24) is 4.57 Å². The fraction of sp³-hybridized carbons (Fsp3) is 0.100. The Morgan fingerprint density at radius 1 is 0.773 bits per heavy atom. The molecule has 0 bridgehead atoms. The van der Waals surface area contributed by atoms with E-state index in [0.717, 1.165) is 6.54 Å². The van der Waals surface area contributed by atoms with Crippen LogP contribution in [0, 0.1) is 0 Å². The molecule has 2 aromatic heterocycles. The van der Waals surface area contributed by atoms with Gasteiger partial charge >= 0.3 is 0 Å². The summed E-state index contributed by atoms with van der Waals surface area (Å²) in [6, 6.07) is 22.1. The summed E-state index contributed by atoms with van der Waals surface area (Å²) in [4.78, 5) is 0. The summed E-state index contributed by atoms with van der Waals surface area (Å²) in [7, 11) is 0. The van der Waals surface area contributed by atoms with E-state index in [4.69, 9.17) is 0 Å². The largest absolute Gasteiger partial charge is 0.341 e. The third-order valence-electron chi connectivity index (χ3n) is 4.60. The molecule has 0 N–H and O–H groups in total. The van der Waals surface area contributed by atoms with E-state index >= 15 is 0 Å². The van der Waals surface area contributed by atoms with Gasteiger partial charge in [0.05, 0.1) is 5.52 Å². The monoisotopic (exact) mass is 301 g/mol. The predicted molar refractivity (Wildman–Crippen MR) is 98.0 cm³/mol. The summed E-state index contributed by atoms with van der Waals surface area (Å²) in [6.07, 6.45) is 0. The molecule has 2 heteroatoms. The minimum atomic E-state index is 1.00. The summed E-state index contributed by atoms with van der Waals surface area (Å²) in [5.74, 6) is 0. The molecule has 3 aromatic carbocycles. The summed E-state index contributed by atoms with van der Waals surface area (Å²) < 4.78 is 5.22. The number of thiophene rings is 1. The van der Waals surface area contributed by atoms with E-state index in [1.54, 1.807) is 0 Å². The Bertz CT molecular complexity index is 1160. The van der Waals surface area contributed by atoms with Crippen LogP contribution in [-0.4, -0.2) is 4.57 Å². The van der Waals surface area contributed by atoms with Gasteiger partial charge in [-0.15, -0.1) is 11.3 Å². The van der Waals surface area contributed by atoms with E-state index in [0.29, 0.717) is 0 Å². The van der Waals surface area contributed by atoms with E-state index in [9.17, 15) is 0 Å². The maximum atomic E-state index is 2.43. The smallest absolute Gasteiger partial charge is 0.0506 e. The van der Waals surface area contributed by atoms with Crippen molar-refractivity contribution in [3.8, 4) is 0 Å². The summed E-state index contributed by atoms with van der Waals surface area (Å²) in [5.41, 5.74) is 2.69. The first-order valence-corrected chi connectivity index (χ1v) is 8.51. The molecule has 1 nitrogen and oxygen atoms in total. The van der Waals surface area contributed by atoms with Crippen molar-refractivity contribution in [2.24, 2.45) is 0 Å². The molecule has 0 aliphatic heterocycles. The van der Waals surface area contributed by atoms with Crippen LogP contribution in [0.2, 0.25) is 0 Å². The maximum Gasteiger partial charge on any atom is 0.0506 e. The molecule has 5 aromatic rings. The van der Waals surface area contributed by atoms with Crippen LogP contribution in [0.15, 0.2) is 60.7 Å². The highest BCUT2D eigenvalue weighted by atomic mass is 32.1. The molecular weight excluding hydrogens is 286 g/mol. The molecular formula is C20H15NS. The molecule has 0 atom stereocenters. The van der Waals surface area contributed by atoms with Crippen LogP contribution < -0.4 is 0 Å². The van der Waals surface area contributed by atoms with Crippen molar-refractivity contribution in [2.45, 2.75) is 13.5 Å². The van der Waals surface area contributed by atoms with Crippen LogP contribution in [0.1, 0.15) is 6.92 Å². The summed E-state index contributed by atoms with van der Waals surface area (Å²) in [6.45, 7) is 3.22. The number of fused-ring (bicyclic) bond motifs is 7. The predicted octanol–water partition coefficient (Wildman–Crippen LogP) is 6.18. The number of nitrogens with zero attached hydrogens (tertiary/aromatic N) is 1. The topological polar surface area (TPSA) is 4.93 Å². The lowest BCUT2D eigenvalue weighted by molar-refractivity contribution is 0.827. The average Bonchev–Trinajstić information content (AvgIpc) is 3.09. The van der Waals surface area contributed by atoms with Crippen molar-refractivity contribution in [3.63, 3.8) is 0 Å². The lowest BCUT2D eigenvalue weighted by atomic mass is 10.1. The highest BCUT2D eigenvalue weighted by molar-refractivity contribution is 7.26. The molecule has 0 unspecified atom stereocenters. The molecule has 0 amide bonds. The molecule has 2 heterocycles. The zero-order valence-electron chi connectivity index (χ0n) is 12.3. The molecule has 0 radical (unpaired) electrons. The zero-order chi connectivity index (χ0) is 14.7. The third-order valence-corrected chi connectivity index (χ3v) is 5.80. The molecule has 0 saturated carbocycles. The van der Waals surface area contributed by atoms with Gasteiger partial charge in [0.15, 0.2) is 0 Å². The van der Waals surface area contributed by atoms with Gasteiger partial charge in [0.1, 0.15) is 0 Å². The second kappa shape index (κ2) is 4.34. The molecule has 0 saturated heterocycles. The van der Waals surface area contributed by atoms with E-state index in [1.807, 2.05) is 11.3 Å². The molecule has 0 aliphatic rings. The quantitative estimate of drug-likeness (QED) is 0.348. The Labute approximate surface area is 132 Å². The first kappa shape index (κ1) is 12.2. The van der Waals surface area contributed by atoms with Crippen LogP contribution in [0.3, 0.4) is 0 Å².